The summed E-state index contributed by atoms with van der Waals surface area (Å²) >= 11 is 0. The zero-order valence-electron chi connectivity index (χ0n) is 18.2. The third-order valence-electron chi connectivity index (χ3n) is 4.74. The van der Waals surface area contributed by atoms with E-state index in [2.05, 4.69) is 10.6 Å². The van der Waals surface area contributed by atoms with Gasteiger partial charge in [-0.1, -0.05) is 18.2 Å². The van der Waals surface area contributed by atoms with Crippen LogP contribution in [0.1, 0.15) is 35.2 Å². The SMILES string of the molecule is COC(=O)C[C@H](c1ccc([N+](=O)[O-])cc1)[C@@H](NC(=O)c1cccc(NC(C)=O)c1)C(=O)OC. The number of carbonyl (C=O) groups excluding carboxylic acids is 4. The average molecular weight is 457 g/mol. The zero-order valence-corrected chi connectivity index (χ0v) is 18.2. The fraction of sp³-hybridized carbons (Fsp3) is 0.273. The number of carbonyl (C=O) groups is 4. The quantitative estimate of drug-likeness (QED) is 0.330. The molecule has 0 unspecified atom stereocenters. The van der Waals surface area contributed by atoms with E-state index < -0.39 is 34.7 Å². The Morgan fingerprint density at radius 3 is 2.24 bits per heavy atom. The summed E-state index contributed by atoms with van der Waals surface area (Å²) in [6, 6.07) is 9.98. The summed E-state index contributed by atoms with van der Waals surface area (Å²) in [6.07, 6.45) is -0.305. The van der Waals surface area contributed by atoms with E-state index in [1.54, 1.807) is 12.1 Å². The Labute approximate surface area is 189 Å². The molecular weight excluding hydrogens is 434 g/mol. The van der Waals surface area contributed by atoms with Crippen molar-refractivity contribution in [2.75, 3.05) is 19.5 Å². The number of nitro benzene ring substituents is 1. The number of hydrogen-bond donors (Lipinski definition) is 2. The van der Waals surface area contributed by atoms with Crippen molar-refractivity contribution in [3.63, 3.8) is 0 Å². The number of rotatable bonds is 9. The van der Waals surface area contributed by atoms with Crippen LogP contribution in [0.5, 0.6) is 0 Å². The summed E-state index contributed by atoms with van der Waals surface area (Å²) in [6.45, 7) is 1.32. The Balaban J connectivity index is 2.41. The summed E-state index contributed by atoms with van der Waals surface area (Å²) in [5.74, 6) is -3.40. The maximum Gasteiger partial charge on any atom is 0.329 e. The number of non-ortho nitro benzene ring substituents is 1. The lowest BCUT2D eigenvalue weighted by Crippen LogP contribution is -2.46. The van der Waals surface area contributed by atoms with E-state index >= 15 is 0 Å². The van der Waals surface area contributed by atoms with E-state index in [0.717, 1.165) is 7.11 Å². The standard InChI is InChI=1S/C22H23N3O8/c1-13(26)23-16-6-4-5-15(11-16)21(28)24-20(22(29)33-3)18(12-19(27)32-2)14-7-9-17(10-8-14)25(30)31/h4-11,18,20H,12H2,1-3H3,(H,23,26)(H,24,28)/t18-,20-/m1/s1. The van der Waals surface area contributed by atoms with Gasteiger partial charge in [-0.25, -0.2) is 4.79 Å². The topological polar surface area (TPSA) is 154 Å². The number of ether oxygens (including phenoxy) is 2. The van der Waals surface area contributed by atoms with Gasteiger partial charge in [0.05, 0.1) is 25.6 Å². The molecule has 0 saturated carbocycles. The van der Waals surface area contributed by atoms with Gasteiger partial charge in [-0.2, -0.15) is 0 Å². The normalized spacial score (nSPS) is 12.1. The molecule has 2 amide bonds. The minimum Gasteiger partial charge on any atom is -0.469 e. The highest BCUT2D eigenvalue weighted by molar-refractivity contribution is 5.99. The van der Waals surface area contributed by atoms with Crippen LogP contribution in [0.15, 0.2) is 48.5 Å². The minimum atomic E-state index is -1.31. The molecule has 0 bridgehead atoms. The third kappa shape index (κ3) is 6.86. The zero-order chi connectivity index (χ0) is 24.5. The van der Waals surface area contributed by atoms with E-state index in [1.165, 1.54) is 50.4 Å². The van der Waals surface area contributed by atoms with Crippen LogP contribution in [0.25, 0.3) is 0 Å². The lowest BCUT2D eigenvalue weighted by molar-refractivity contribution is -0.384. The maximum atomic E-state index is 12.9. The van der Waals surface area contributed by atoms with Crippen molar-refractivity contribution >= 4 is 35.1 Å². The van der Waals surface area contributed by atoms with Gasteiger partial charge >= 0.3 is 11.9 Å². The van der Waals surface area contributed by atoms with E-state index in [1.807, 2.05) is 0 Å². The first-order valence-corrected chi connectivity index (χ1v) is 9.73. The van der Waals surface area contributed by atoms with E-state index in [-0.39, 0.29) is 23.6 Å². The van der Waals surface area contributed by atoms with Crippen LogP contribution in [-0.2, 0) is 23.9 Å². The molecule has 0 aliphatic rings. The molecule has 11 nitrogen and oxygen atoms in total. The molecule has 2 aromatic rings. The highest BCUT2D eigenvalue weighted by Gasteiger charge is 2.34. The van der Waals surface area contributed by atoms with Crippen molar-refractivity contribution < 1.29 is 33.6 Å². The number of nitrogens with one attached hydrogen (secondary N) is 2. The molecule has 0 saturated heterocycles. The van der Waals surface area contributed by atoms with Gasteiger partial charge in [0.25, 0.3) is 11.6 Å². The highest BCUT2D eigenvalue weighted by Crippen LogP contribution is 2.27. The fourth-order valence-corrected chi connectivity index (χ4v) is 3.15. The molecule has 0 aliphatic carbocycles. The van der Waals surface area contributed by atoms with Crippen molar-refractivity contribution in [2.24, 2.45) is 0 Å². The van der Waals surface area contributed by atoms with Gasteiger partial charge in [-0.05, 0) is 23.8 Å². The van der Waals surface area contributed by atoms with Gasteiger partial charge in [0.1, 0.15) is 6.04 Å². The van der Waals surface area contributed by atoms with Crippen LogP contribution < -0.4 is 10.6 Å². The number of amides is 2. The van der Waals surface area contributed by atoms with Crippen LogP contribution in [0.4, 0.5) is 11.4 Å². The van der Waals surface area contributed by atoms with Crippen molar-refractivity contribution in [1.29, 1.82) is 0 Å². The number of methoxy groups -OCH3 is 2. The van der Waals surface area contributed by atoms with Crippen molar-refractivity contribution in [2.45, 2.75) is 25.3 Å². The molecule has 2 N–H and O–H groups in total. The van der Waals surface area contributed by atoms with E-state index in [9.17, 15) is 29.3 Å². The van der Waals surface area contributed by atoms with Crippen molar-refractivity contribution in [3.8, 4) is 0 Å². The Morgan fingerprint density at radius 1 is 1.03 bits per heavy atom. The molecule has 11 heteroatoms. The molecule has 2 aromatic carbocycles. The highest BCUT2D eigenvalue weighted by atomic mass is 16.6. The molecule has 0 radical (unpaired) electrons. The Morgan fingerprint density at radius 2 is 1.70 bits per heavy atom. The number of benzene rings is 2. The second-order valence-electron chi connectivity index (χ2n) is 6.97. The number of nitro groups is 1. The lowest BCUT2D eigenvalue weighted by atomic mass is 9.88. The van der Waals surface area contributed by atoms with Crippen LogP contribution in [0, 0.1) is 10.1 Å². The minimum absolute atomic E-state index is 0.149. The molecule has 0 aliphatic heterocycles. The maximum absolute atomic E-state index is 12.9. The van der Waals surface area contributed by atoms with Gasteiger partial charge in [-0.15, -0.1) is 0 Å². The van der Waals surface area contributed by atoms with Gasteiger partial charge in [0.2, 0.25) is 5.91 Å². The predicted octanol–water partition coefficient (Wildman–Crippen LogP) is 2.17. The average Bonchev–Trinajstić information content (AvgIpc) is 2.80. The molecular formula is C22H23N3O8. The summed E-state index contributed by atoms with van der Waals surface area (Å²) < 4.78 is 9.55. The van der Waals surface area contributed by atoms with E-state index in [0.29, 0.717) is 11.3 Å². The molecule has 33 heavy (non-hydrogen) atoms. The van der Waals surface area contributed by atoms with Crippen LogP contribution in [0.3, 0.4) is 0 Å². The lowest BCUT2D eigenvalue weighted by Gasteiger charge is -2.26. The van der Waals surface area contributed by atoms with Gasteiger partial charge in [0.15, 0.2) is 0 Å². The molecule has 0 spiro atoms. The van der Waals surface area contributed by atoms with Crippen molar-refractivity contribution in [1.82, 2.24) is 5.32 Å². The van der Waals surface area contributed by atoms with E-state index in [4.69, 9.17) is 9.47 Å². The first-order chi connectivity index (χ1) is 15.7. The largest absolute Gasteiger partial charge is 0.469 e. The Bertz CT molecular complexity index is 1050. The molecule has 2 rings (SSSR count). The Kier molecular flexibility index (Phi) is 8.61. The van der Waals surface area contributed by atoms with Gasteiger partial charge in [0, 0.05) is 36.2 Å². The van der Waals surface area contributed by atoms with Gasteiger partial charge in [-0.3, -0.25) is 24.5 Å². The van der Waals surface area contributed by atoms with Gasteiger partial charge < -0.3 is 20.1 Å². The predicted molar refractivity (Wildman–Crippen MR) is 116 cm³/mol. The van der Waals surface area contributed by atoms with Crippen molar-refractivity contribution in [3.05, 3.63) is 69.8 Å². The Hall–Kier alpha value is -4.28. The number of nitrogens with zero attached hydrogens (tertiary/aromatic N) is 1. The number of hydrogen-bond acceptors (Lipinski definition) is 8. The number of esters is 2. The smallest absolute Gasteiger partial charge is 0.329 e. The summed E-state index contributed by atoms with van der Waals surface area (Å²) in [5, 5.41) is 16.1. The molecule has 0 heterocycles. The van der Waals surface area contributed by atoms with Crippen LogP contribution in [0.2, 0.25) is 0 Å². The third-order valence-corrected chi connectivity index (χ3v) is 4.74. The summed E-state index contributed by atoms with van der Waals surface area (Å²) in [7, 11) is 2.30. The molecule has 2 atom stereocenters. The number of anilines is 1. The second kappa shape index (κ2) is 11.4. The first kappa shape index (κ1) is 25.0. The summed E-state index contributed by atoms with van der Waals surface area (Å²) in [4.78, 5) is 59.2. The second-order valence-corrected chi connectivity index (χ2v) is 6.97. The molecule has 174 valence electrons. The van der Waals surface area contributed by atoms with Crippen LogP contribution >= 0.6 is 0 Å². The molecule has 0 fully saturated rings. The fourth-order valence-electron chi connectivity index (χ4n) is 3.15. The van der Waals surface area contributed by atoms with Crippen LogP contribution in [-0.4, -0.2) is 48.9 Å². The summed E-state index contributed by atoms with van der Waals surface area (Å²) in [5.41, 5.74) is 0.736. The first-order valence-electron chi connectivity index (χ1n) is 9.73. The molecule has 0 aromatic heterocycles. The monoisotopic (exact) mass is 457 g/mol.